The molecule has 2 aliphatic heterocycles. The van der Waals surface area contributed by atoms with Crippen LogP contribution in [-0.4, -0.2) is 53.9 Å². The summed E-state index contributed by atoms with van der Waals surface area (Å²) < 4.78 is 6.03. The van der Waals surface area contributed by atoms with Crippen LogP contribution in [0.3, 0.4) is 0 Å². The number of piperidine rings is 1. The molecule has 0 unspecified atom stereocenters. The maximum atomic E-state index is 12.4. The average Bonchev–Trinajstić information content (AvgIpc) is 2.85. The number of nitrogens with zero attached hydrogens (tertiary/aromatic N) is 2. The Bertz CT molecular complexity index is 608. The summed E-state index contributed by atoms with van der Waals surface area (Å²) in [7, 11) is 0. The third-order valence-electron chi connectivity index (χ3n) is 4.82. The maximum absolute atomic E-state index is 12.4. The molecule has 2 aliphatic rings. The first-order valence-corrected chi connectivity index (χ1v) is 8.80. The second-order valence-corrected chi connectivity index (χ2v) is 7.10. The van der Waals surface area contributed by atoms with Crippen molar-refractivity contribution in [3.05, 3.63) is 29.8 Å². The van der Waals surface area contributed by atoms with Crippen LogP contribution in [0.5, 0.6) is 5.75 Å². The summed E-state index contributed by atoms with van der Waals surface area (Å²) in [6, 6.07) is 8.06. The Balaban J connectivity index is 1.46. The lowest BCUT2D eigenvalue weighted by molar-refractivity contribution is -0.139. The van der Waals surface area contributed by atoms with E-state index in [4.69, 9.17) is 4.74 Å². The van der Waals surface area contributed by atoms with Crippen LogP contribution in [0, 0.1) is 12.8 Å². The Hall–Kier alpha value is -2.04. The van der Waals surface area contributed by atoms with Gasteiger partial charge in [-0.2, -0.15) is 0 Å². The number of ether oxygens (including phenoxy) is 1. The fourth-order valence-electron chi connectivity index (χ4n) is 3.49. The lowest BCUT2D eigenvalue weighted by atomic mass is 10.1. The lowest BCUT2D eigenvalue weighted by Gasteiger charge is -2.33. The largest absolute Gasteiger partial charge is 0.490 e. The van der Waals surface area contributed by atoms with Crippen molar-refractivity contribution in [1.82, 2.24) is 9.80 Å². The minimum Gasteiger partial charge on any atom is -0.490 e. The Morgan fingerprint density at radius 3 is 2.67 bits per heavy atom. The molecule has 24 heavy (non-hydrogen) atoms. The SMILES string of the molecule is Cc1cccc(OC2CCN(C(=O)CN3C[C@@H](C)CC3=O)CC2)c1. The van der Waals surface area contributed by atoms with Gasteiger partial charge in [0, 0.05) is 38.9 Å². The van der Waals surface area contributed by atoms with Crippen LogP contribution in [-0.2, 0) is 9.59 Å². The van der Waals surface area contributed by atoms with Gasteiger partial charge in [0.05, 0.1) is 6.54 Å². The van der Waals surface area contributed by atoms with Gasteiger partial charge in [-0.15, -0.1) is 0 Å². The van der Waals surface area contributed by atoms with Crippen molar-refractivity contribution in [2.24, 2.45) is 5.92 Å². The summed E-state index contributed by atoms with van der Waals surface area (Å²) in [5.41, 5.74) is 1.18. The first-order valence-electron chi connectivity index (χ1n) is 8.80. The Morgan fingerprint density at radius 1 is 1.29 bits per heavy atom. The fraction of sp³-hybridized carbons (Fsp3) is 0.579. The van der Waals surface area contributed by atoms with Crippen molar-refractivity contribution in [3.63, 3.8) is 0 Å². The van der Waals surface area contributed by atoms with Crippen LogP contribution in [0.4, 0.5) is 0 Å². The number of likely N-dealkylation sites (tertiary alicyclic amines) is 2. The van der Waals surface area contributed by atoms with Gasteiger partial charge < -0.3 is 14.5 Å². The standard InChI is InChI=1S/C19H26N2O3/c1-14-4-3-5-17(10-14)24-16-6-8-20(9-7-16)19(23)13-21-12-15(2)11-18(21)22/h3-5,10,15-16H,6-9,11-13H2,1-2H3/t15-/m0/s1. The van der Waals surface area contributed by atoms with Gasteiger partial charge in [0.1, 0.15) is 11.9 Å². The van der Waals surface area contributed by atoms with Gasteiger partial charge >= 0.3 is 0 Å². The molecule has 2 fully saturated rings. The third kappa shape index (κ3) is 4.08. The normalized spacial score (nSPS) is 22.1. The molecule has 2 heterocycles. The van der Waals surface area contributed by atoms with E-state index in [2.05, 4.69) is 19.9 Å². The summed E-state index contributed by atoms with van der Waals surface area (Å²) in [5, 5.41) is 0. The summed E-state index contributed by atoms with van der Waals surface area (Å²) in [5.74, 6) is 1.43. The van der Waals surface area contributed by atoms with Crippen molar-refractivity contribution in [1.29, 1.82) is 0 Å². The molecule has 0 aliphatic carbocycles. The minimum absolute atomic E-state index is 0.0615. The van der Waals surface area contributed by atoms with Crippen LogP contribution in [0.1, 0.15) is 31.7 Å². The van der Waals surface area contributed by atoms with Gasteiger partial charge in [0.25, 0.3) is 0 Å². The highest BCUT2D eigenvalue weighted by atomic mass is 16.5. The van der Waals surface area contributed by atoms with E-state index in [9.17, 15) is 9.59 Å². The third-order valence-corrected chi connectivity index (χ3v) is 4.82. The Labute approximate surface area is 143 Å². The van der Waals surface area contributed by atoms with Gasteiger partial charge in [-0.1, -0.05) is 19.1 Å². The van der Waals surface area contributed by atoms with Gasteiger partial charge in [0.2, 0.25) is 11.8 Å². The average molecular weight is 330 g/mol. The summed E-state index contributed by atoms with van der Waals surface area (Å²) >= 11 is 0. The number of hydrogen-bond donors (Lipinski definition) is 0. The zero-order valence-electron chi connectivity index (χ0n) is 14.5. The topological polar surface area (TPSA) is 49.9 Å². The molecule has 0 saturated carbocycles. The molecule has 5 nitrogen and oxygen atoms in total. The van der Waals surface area contributed by atoms with E-state index in [1.54, 1.807) is 4.90 Å². The van der Waals surface area contributed by atoms with Gasteiger partial charge in [-0.25, -0.2) is 0 Å². The maximum Gasteiger partial charge on any atom is 0.242 e. The van der Waals surface area contributed by atoms with Crippen molar-refractivity contribution in [2.75, 3.05) is 26.2 Å². The van der Waals surface area contributed by atoms with Crippen LogP contribution in [0.15, 0.2) is 24.3 Å². The molecule has 3 rings (SSSR count). The van der Waals surface area contributed by atoms with E-state index in [0.717, 1.165) is 18.6 Å². The summed E-state index contributed by atoms with van der Waals surface area (Å²) in [6.45, 7) is 6.44. The molecule has 2 saturated heterocycles. The predicted octanol–water partition coefficient (Wildman–Crippen LogP) is 2.23. The first kappa shape index (κ1) is 16.8. The van der Waals surface area contributed by atoms with E-state index >= 15 is 0 Å². The Morgan fingerprint density at radius 2 is 2.04 bits per heavy atom. The van der Waals surface area contributed by atoms with E-state index in [-0.39, 0.29) is 24.5 Å². The number of aryl methyl sites for hydroxylation is 1. The molecular weight excluding hydrogens is 304 g/mol. The highest BCUT2D eigenvalue weighted by Crippen LogP contribution is 2.21. The molecule has 1 atom stereocenters. The van der Waals surface area contributed by atoms with Gasteiger partial charge in [0.15, 0.2) is 0 Å². The number of rotatable bonds is 4. The van der Waals surface area contributed by atoms with E-state index in [1.807, 2.05) is 23.1 Å². The van der Waals surface area contributed by atoms with Crippen molar-refractivity contribution in [2.45, 2.75) is 39.2 Å². The molecule has 5 heteroatoms. The number of benzene rings is 1. The highest BCUT2D eigenvalue weighted by molar-refractivity contribution is 5.86. The van der Waals surface area contributed by atoms with Crippen LogP contribution >= 0.6 is 0 Å². The molecule has 1 aromatic carbocycles. The van der Waals surface area contributed by atoms with E-state index < -0.39 is 0 Å². The number of amides is 2. The zero-order chi connectivity index (χ0) is 17.1. The van der Waals surface area contributed by atoms with Gasteiger partial charge in [-0.3, -0.25) is 9.59 Å². The van der Waals surface area contributed by atoms with Crippen molar-refractivity contribution < 1.29 is 14.3 Å². The monoisotopic (exact) mass is 330 g/mol. The second kappa shape index (κ2) is 7.24. The van der Waals surface area contributed by atoms with Crippen LogP contribution < -0.4 is 4.74 Å². The quantitative estimate of drug-likeness (QED) is 0.851. The molecule has 1 aromatic rings. The molecular formula is C19H26N2O3. The summed E-state index contributed by atoms with van der Waals surface area (Å²) in [4.78, 5) is 27.8. The predicted molar refractivity (Wildman–Crippen MR) is 91.8 cm³/mol. The number of carbonyl (C=O) groups is 2. The van der Waals surface area contributed by atoms with Gasteiger partial charge in [-0.05, 0) is 30.5 Å². The first-order chi connectivity index (χ1) is 11.5. The molecule has 0 N–H and O–H groups in total. The van der Waals surface area contributed by atoms with Crippen LogP contribution in [0.2, 0.25) is 0 Å². The lowest BCUT2D eigenvalue weighted by Crippen LogP contribution is -2.46. The van der Waals surface area contributed by atoms with E-state index in [1.165, 1.54) is 5.56 Å². The molecule has 0 bridgehead atoms. The van der Waals surface area contributed by atoms with Crippen molar-refractivity contribution in [3.8, 4) is 5.75 Å². The van der Waals surface area contributed by atoms with Crippen molar-refractivity contribution >= 4 is 11.8 Å². The Kier molecular flexibility index (Phi) is 5.07. The highest BCUT2D eigenvalue weighted by Gasteiger charge is 2.30. The molecule has 0 radical (unpaired) electrons. The molecule has 130 valence electrons. The molecule has 0 spiro atoms. The zero-order valence-corrected chi connectivity index (χ0v) is 14.5. The second-order valence-electron chi connectivity index (χ2n) is 7.10. The number of carbonyl (C=O) groups excluding carboxylic acids is 2. The molecule has 2 amide bonds. The van der Waals surface area contributed by atoms with Crippen LogP contribution in [0.25, 0.3) is 0 Å². The smallest absolute Gasteiger partial charge is 0.242 e. The minimum atomic E-state index is 0.0615. The summed E-state index contributed by atoms with van der Waals surface area (Å²) in [6.07, 6.45) is 2.40. The molecule has 0 aromatic heterocycles. The number of hydrogen-bond acceptors (Lipinski definition) is 3. The fourth-order valence-corrected chi connectivity index (χ4v) is 3.49. The van der Waals surface area contributed by atoms with E-state index in [0.29, 0.717) is 32.0 Å².